The molecule has 0 fully saturated rings. The van der Waals surface area contributed by atoms with Gasteiger partial charge in [0.05, 0.1) is 11.5 Å². The molecule has 0 bridgehead atoms. The van der Waals surface area contributed by atoms with E-state index in [-0.39, 0.29) is 54.0 Å². The third-order valence-electron chi connectivity index (χ3n) is 6.11. The Hall–Kier alpha value is -3.85. The van der Waals surface area contributed by atoms with Crippen LogP contribution in [-0.4, -0.2) is 65.0 Å². The highest BCUT2D eigenvalue weighted by Crippen LogP contribution is 2.32. The van der Waals surface area contributed by atoms with Gasteiger partial charge in [-0.05, 0) is 54.3 Å². The number of nitrogens with zero attached hydrogens (tertiary/aromatic N) is 1. The highest BCUT2D eigenvalue weighted by molar-refractivity contribution is 7.91. The number of phenols is 1. The lowest BCUT2D eigenvalue weighted by atomic mass is 10.0. The minimum absolute atomic E-state index is 0. The molecule has 3 aromatic rings. The second-order valence-corrected chi connectivity index (χ2v) is 13.0. The van der Waals surface area contributed by atoms with E-state index in [0.717, 1.165) is 24.8 Å². The Labute approximate surface area is 256 Å². The molecule has 0 saturated carbocycles. The van der Waals surface area contributed by atoms with Crippen molar-refractivity contribution in [2.24, 2.45) is 10.9 Å². The molecule has 0 radical (unpaired) electrons. The van der Waals surface area contributed by atoms with Gasteiger partial charge in [0.15, 0.2) is 22.3 Å². The van der Waals surface area contributed by atoms with Crippen molar-refractivity contribution in [1.82, 2.24) is 4.72 Å². The van der Waals surface area contributed by atoms with Gasteiger partial charge in [0.1, 0.15) is 16.4 Å². The Morgan fingerprint density at radius 3 is 2.40 bits per heavy atom. The zero-order valence-electron chi connectivity index (χ0n) is 23.5. The Morgan fingerprint density at radius 1 is 1.02 bits per heavy atom. The first-order valence-corrected chi connectivity index (χ1v) is 16.3. The van der Waals surface area contributed by atoms with E-state index in [4.69, 9.17) is 20.4 Å². The Morgan fingerprint density at radius 2 is 1.74 bits per heavy atom. The maximum absolute atomic E-state index is 12.9. The number of oxime groups is 1. The van der Waals surface area contributed by atoms with Gasteiger partial charge in [-0.3, -0.25) is 0 Å². The number of nitrogens with one attached hydrogen (secondary N) is 1. The summed E-state index contributed by atoms with van der Waals surface area (Å²) in [7, 11) is -7.71. The molecule has 0 heterocycles. The fourth-order valence-corrected chi connectivity index (χ4v) is 5.98. The maximum atomic E-state index is 12.9. The fourth-order valence-electron chi connectivity index (χ4n) is 3.96. The number of sulfonamides is 1. The SMILES string of the molecule is CCCCOC(=O)COc1cc(-c2ccccc2S(C)(=O)=O)ccc1CCNS(=O)(=O)c1ccc(/C(N)=N/O)cc1O.Cl. The first kappa shape index (κ1) is 35.3. The Bertz CT molecular complexity index is 1680. The summed E-state index contributed by atoms with van der Waals surface area (Å²) >= 11 is 0. The van der Waals surface area contributed by atoms with Crippen LogP contribution in [0.3, 0.4) is 0 Å². The highest BCUT2D eigenvalue weighted by Gasteiger charge is 2.21. The molecule has 5 N–H and O–H groups in total. The molecular formula is C28H34ClN3O9S2. The minimum Gasteiger partial charge on any atom is -0.507 e. The van der Waals surface area contributed by atoms with Crippen molar-refractivity contribution in [1.29, 1.82) is 0 Å². The number of carbonyl (C=O) groups is 1. The third-order valence-corrected chi connectivity index (χ3v) is 8.77. The first-order chi connectivity index (χ1) is 19.9. The molecule has 43 heavy (non-hydrogen) atoms. The molecule has 12 nitrogen and oxygen atoms in total. The molecule has 15 heteroatoms. The van der Waals surface area contributed by atoms with Crippen LogP contribution in [0.4, 0.5) is 0 Å². The molecule has 0 unspecified atom stereocenters. The van der Waals surface area contributed by atoms with Crippen molar-refractivity contribution in [3.8, 4) is 22.6 Å². The van der Waals surface area contributed by atoms with Gasteiger partial charge in [-0.2, -0.15) is 0 Å². The van der Waals surface area contributed by atoms with E-state index in [1.165, 1.54) is 12.1 Å². The monoisotopic (exact) mass is 655 g/mol. The highest BCUT2D eigenvalue weighted by atomic mass is 35.5. The summed E-state index contributed by atoms with van der Waals surface area (Å²) < 4.78 is 63.8. The summed E-state index contributed by atoms with van der Waals surface area (Å²) in [6, 6.07) is 14.8. The second-order valence-electron chi connectivity index (χ2n) is 9.27. The summed E-state index contributed by atoms with van der Waals surface area (Å²) in [5.74, 6) is -1.23. The fraction of sp³-hybridized carbons (Fsp3) is 0.286. The minimum atomic E-state index is -4.16. The van der Waals surface area contributed by atoms with Crippen LogP contribution < -0.4 is 15.2 Å². The lowest BCUT2D eigenvalue weighted by Gasteiger charge is -2.15. The number of unbranched alkanes of at least 4 members (excludes halogenated alkanes) is 1. The van der Waals surface area contributed by atoms with Gasteiger partial charge < -0.3 is 25.5 Å². The summed E-state index contributed by atoms with van der Waals surface area (Å²) in [6.45, 7) is 1.70. The molecule has 0 aliphatic carbocycles. The number of amidine groups is 1. The molecule has 3 rings (SSSR count). The van der Waals surface area contributed by atoms with Gasteiger partial charge in [-0.25, -0.2) is 26.4 Å². The van der Waals surface area contributed by atoms with E-state index in [1.807, 2.05) is 6.92 Å². The van der Waals surface area contributed by atoms with Crippen molar-refractivity contribution in [3.05, 3.63) is 71.8 Å². The first-order valence-electron chi connectivity index (χ1n) is 12.9. The number of phenolic OH excluding ortho intramolecular Hbond substituents is 1. The van der Waals surface area contributed by atoms with Crippen molar-refractivity contribution in [2.45, 2.75) is 36.0 Å². The summed E-state index contributed by atoms with van der Waals surface area (Å²) in [5, 5.41) is 21.8. The predicted octanol–water partition coefficient (Wildman–Crippen LogP) is 3.22. The molecule has 0 aromatic heterocycles. The van der Waals surface area contributed by atoms with Crippen LogP contribution in [0.25, 0.3) is 11.1 Å². The summed E-state index contributed by atoms with van der Waals surface area (Å²) in [6.07, 6.45) is 2.78. The topological polar surface area (TPSA) is 195 Å². The molecule has 0 saturated heterocycles. The summed E-state index contributed by atoms with van der Waals surface area (Å²) in [4.78, 5) is 11.9. The third kappa shape index (κ3) is 9.58. The number of halogens is 1. The standard InChI is InChI=1S/C28H33N3O9S2.ClH/c1-3-4-15-39-27(33)18-40-24-17-20(22-7-5-6-8-25(22)41(2,35)36)10-9-19(24)13-14-30-42(37,38)26-12-11-21(16-23(26)32)28(29)31-34;/h5-12,16-17,30,32,34H,3-4,13-15,18H2,1-2H3,(H2,29,31);1H. The van der Waals surface area contributed by atoms with E-state index in [2.05, 4.69) is 9.88 Å². The number of carbonyl (C=O) groups excluding carboxylic acids is 1. The normalized spacial score (nSPS) is 11.9. The number of esters is 1. The van der Waals surface area contributed by atoms with Crippen LogP contribution in [0.5, 0.6) is 11.5 Å². The van der Waals surface area contributed by atoms with E-state index >= 15 is 0 Å². The van der Waals surface area contributed by atoms with E-state index in [0.29, 0.717) is 23.1 Å². The zero-order valence-corrected chi connectivity index (χ0v) is 26.0. The molecular weight excluding hydrogens is 622 g/mol. The number of hydrogen-bond donors (Lipinski definition) is 4. The smallest absolute Gasteiger partial charge is 0.344 e. The predicted molar refractivity (Wildman–Crippen MR) is 163 cm³/mol. The van der Waals surface area contributed by atoms with Gasteiger partial charge in [-0.1, -0.05) is 48.8 Å². The molecule has 0 aliphatic rings. The number of nitrogens with two attached hydrogens (primary N) is 1. The lowest BCUT2D eigenvalue weighted by molar-refractivity contribution is -0.146. The van der Waals surface area contributed by atoms with Crippen molar-refractivity contribution in [3.63, 3.8) is 0 Å². The molecule has 0 atom stereocenters. The number of ether oxygens (including phenoxy) is 2. The Balaban J connectivity index is 0.00000645. The Kier molecular flexibility index (Phi) is 12.8. The van der Waals surface area contributed by atoms with Crippen LogP contribution in [0.1, 0.15) is 30.9 Å². The average molecular weight is 656 g/mol. The number of hydrogen-bond acceptors (Lipinski definition) is 10. The van der Waals surface area contributed by atoms with Crippen molar-refractivity contribution in [2.75, 3.05) is 26.0 Å². The largest absolute Gasteiger partial charge is 0.507 e. The summed E-state index contributed by atoms with van der Waals surface area (Å²) in [5.41, 5.74) is 7.10. The van der Waals surface area contributed by atoms with E-state index in [1.54, 1.807) is 36.4 Å². The van der Waals surface area contributed by atoms with Crippen LogP contribution in [-0.2, 0) is 35.8 Å². The van der Waals surface area contributed by atoms with Gasteiger partial charge in [-0.15, -0.1) is 12.4 Å². The van der Waals surface area contributed by atoms with E-state index < -0.39 is 43.1 Å². The van der Waals surface area contributed by atoms with Gasteiger partial charge in [0.2, 0.25) is 10.0 Å². The second kappa shape index (κ2) is 15.6. The van der Waals surface area contributed by atoms with Crippen LogP contribution in [0.15, 0.2) is 75.6 Å². The molecule has 0 aliphatic heterocycles. The number of aromatic hydroxyl groups is 1. The van der Waals surface area contributed by atoms with Crippen molar-refractivity contribution >= 4 is 44.1 Å². The molecule has 3 aromatic carbocycles. The zero-order chi connectivity index (χ0) is 30.9. The van der Waals surface area contributed by atoms with Crippen LogP contribution >= 0.6 is 12.4 Å². The lowest BCUT2D eigenvalue weighted by Crippen LogP contribution is -2.26. The van der Waals surface area contributed by atoms with Gasteiger partial charge in [0, 0.05) is 23.9 Å². The number of rotatable bonds is 14. The quantitative estimate of drug-likeness (QED) is 0.0500. The molecule has 0 spiro atoms. The number of sulfone groups is 1. The molecule has 0 amide bonds. The van der Waals surface area contributed by atoms with E-state index in [9.17, 15) is 26.7 Å². The number of benzene rings is 3. The average Bonchev–Trinajstić information content (AvgIpc) is 2.95. The van der Waals surface area contributed by atoms with Gasteiger partial charge >= 0.3 is 5.97 Å². The van der Waals surface area contributed by atoms with Crippen molar-refractivity contribution < 1.29 is 41.4 Å². The maximum Gasteiger partial charge on any atom is 0.344 e. The van der Waals surface area contributed by atoms with Crippen LogP contribution in [0.2, 0.25) is 0 Å². The molecule has 234 valence electrons. The van der Waals surface area contributed by atoms with Gasteiger partial charge in [0.25, 0.3) is 0 Å². The van der Waals surface area contributed by atoms with Crippen LogP contribution in [0, 0.1) is 0 Å².